The Kier molecular flexibility index (Phi) is 8.12. The molecule has 0 aliphatic rings. The largest absolute Gasteiger partial charge is 0.417 e. The first-order valence-electron chi connectivity index (χ1n) is 10.4. The van der Waals surface area contributed by atoms with Gasteiger partial charge in [0.15, 0.2) is 0 Å². The van der Waals surface area contributed by atoms with Gasteiger partial charge in [0, 0.05) is 24.6 Å². The second kappa shape index (κ2) is 10.6. The van der Waals surface area contributed by atoms with Gasteiger partial charge in [-0.1, -0.05) is 36.2 Å². The first kappa shape index (κ1) is 27.6. The number of carbonyl (C=O) groups is 2. The van der Waals surface area contributed by atoms with E-state index < -0.39 is 37.5 Å². The van der Waals surface area contributed by atoms with Gasteiger partial charge in [0.05, 0.1) is 26.2 Å². The maximum absolute atomic E-state index is 13.3. The minimum Gasteiger partial charge on any atom is -0.299 e. The van der Waals surface area contributed by atoms with Crippen LogP contribution in [0.4, 0.5) is 18.9 Å². The molecule has 0 amide bonds. The monoisotopic (exact) mass is 558 g/mol. The van der Waals surface area contributed by atoms with E-state index in [4.69, 9.17) is 23.2 Å². The number of benzene rings is 2. The van der Waals surface area contributed by atoms with Gasteiger partial charge in [0.25, 0.3) is 10.0 Å². The summed E-state index contributed by atoms with van der Waals surface area (Å²) in [6, 6.07) is 7.91. The van der Waals surface area contributed by atoms with Crippen molar-refractivity contribution < 1.29 is 31.2 Å². The molecule has 0 bridgehead atoms. The SMILES string of the molecule is CCC(=O)Cc1ccc(Cl)c(C(=O)c2ncc(C)cc2NS(=O)(=O)c2ccc(Cl)c(C(F)(F)F)c2)c1. The Morgan fingerprint density at radius 2 is 1.69 bits per heavy atom. The fourth-order valence-corrected chi connectivity index (χ4v) is 4.77. The van der Waals surface area contributed by atoms with E-state index in [-0.39, 0.29) is 34.2 Å². The van der Waals surface area contributed by atoms with Crippen molar-refractivity contribution in [2.45, 2.75) is 37.8 Å². The Labute approximate surface area is 215 Å². The molecule has 0 fully saturated rings. The highest BCUT2D eigenvalue weighted by molar-refractivity contribution is 7.92. The number of ketones is 2. The topological polar surface area (TPSA) is 93.2 Å². The molecule has 0 spiro atoms. The molecule has 190 valence electrons. The maximum atomic E-state index is 13.3. The van der Waals surface area contributed by atoms with Crippen LogP contribution in [0.2, 0.25) is 10.0 Å². The molecule has 1 N–H and O–H groups in total. The Balaban J connectivity index is 2.04. The highest BCUT2D eigenvalue weighted by atomic mass is 35.5. The third-order valence-corrected chi connectivity index (χ3v) is 7.13. The number of nitrogens with one attached hydrogen (secondary N) is 1. The van der Waals surface area contributed by atoms with Crippen LogP contribution in [0.3, 0.4) is 0 Å². The number of halogens is 5. The minimum atomic E-state index is -4.88. The lowest BCUT2D eigenvalue weighted by Crippen LogP contribution is -2.18. The van der Waals surface area contributed by atoms with Crippen LogP contribution in [-0.4, -0.2) is 25.0 Å². The van der Waals surface area contributed by atoms with E-state index in [1.54, 1.807) is 19.9 Å². The smallest absolute Gasteiger partial charge is 0.299 e. The summed E-state index contributed by atoms with van der Waals surface area (Å²) in [4.78, 5) is 28.5. The summed E-state index contributed by atoms with van der Waals surface area (Å²) in [5, 5.41) is -0.609. The zero-order valence-electron chi connectivity index (χ0n) is 18.9. The summed E-state index contributed by atoms with van der Waals surface area (Å²) in [5.41, 5.74) is -0.907. The van der Waals surface area contributed by atoms with Crippen LogP contribution in [0.5, 0.6) is 0 Å². The summed E-state index contributed by atoms with van der Waals surface area (Å²) in [5.74, 6) is -0.797. The van der Waals surface area contributed by atoms with Crippen molar-refractivity contribution in [3.8, 4) is 0 Å². The first-order valence-corrected chi connectivity index (χ1v) is 12.7. The van der Waals surface area contributed by atoms with Crippen LogP contribution in [-0.2, 0) is 27.4 Å². The Morgan fingerprint density at radius 3 is 2.33 bits per heavy atom. The number of sulfonamides is 1. The highest BCUT2D eigenvalue weighted by Crippen LogP contribution is 2.36. The lowest BCUT2D eigenvalue weighted by Gasteiger charge is -2.15. The molecule has 36 heavy (non-hydrogen) atoms. The van der Waals surface area contributed by atoms with Gasteiger partial charge in [-0.25, -0.2) is 8.42 Å². The van der Waals surface area contributed by atoms with Crippen molar-refractivity contribution in [2.75, 3.05) is 4.72 Å². The zero-order valence-corrected chi connectivity index (χ0v) is 21.2. The number of Topliss-reactive ketones (excluding diaryl/α,β-unsaturated/α-hetero) is 1. The third kappa shape index (κ3) is 6.24. The van der Waals surface area contributed by atoms with Gasteiger partial charge in [0.2, 0.25) is 5.78 Å². The lowest BCUT2D eigenvalue weighted by atomic mass is 10.0. The average molecular weight is 559 g/mol. The molecule has 0 aliphatic heterocycles. The first-order chi connectivity index (χ1) is 16.7. The summed E-state index contributed by atoms with van der Waals surface area (Å²) < 4.78 is 67.8. The predicted octanol–water partition coefficient (Wildman–Crippen LogP) is 6.27. The van der Waals surface area contributed by atoms with E-state index >= 15 is 0 Å². The van der Waals surface area contributed by atoms with Crippen LogP contribution in [0, 0.1) is 6.92 Å². The van der Waals surface area contributed by atoms with Crippen LogP contribution in [0.25, 0.3) is 0 Å². The minimum absolute atomic E-state index is 0.0132. The molecule has 12 heteroatoms. The fourth-order valence-electron chi connectivity index (χ4n) is 3.26. The molecule has 0 atom stereocenters. The molecule has 0 saturated heterocycles. The predicted molar refractivity (Wildman–Crippen MR) is 130 cm³/mol. The lowest BCUT2D eigenvalue weighted by molar-refractivity contribution is -0.137. The van der Waals surface area contributed by atoms with E-state index in [2.05, 4.69) is 9.71 Å². The summed E-state index contributed by atoms with van der Waals surface area (Å²) in [6.45, 7) is 3.30. The van der Waals surface area contributed by atoms with Gasteiger partial charge in [-0.05, 0) is 54.4 Å². The molecule has 2 aromatic carbocycles. The molecule has 6 nitrogen and oxygen atoms in total. The van der Waals surface area contributed by atoms with Crippen molar-refractivity contribution in [3.05, 3.63) is 86.7 Å². The number of nitrogens with zero attached hydrogens (tertiary/aromatic N) is 1. The van der Waals surface area contributed by atoms with Gasteiger partial charge >= 0.3 is 6.18 Å². The molecule has 3 aromatic rings. The second-order valence-electron chi connectivity index (χ2n) is 7.87. The molecule has 0 aliphatic carbocycles. The van der Waals surface area contributed by atoms with Crippen molar-refractivity contribution >= 4 is 50.5 Å². The van der Waals surface area contributed by atoms with E-state index in [0.717, 1.165) is 12.1 Å². The fraction of sp³-hybridized carbons (Fsp3) is 0.208. The molecular weight excluding hydrogens is 540 g/mol. The van der Waals surface area contributed by atoms with Crippen molar-refractivity contribution in [1.82, 2.24) is 4.98 Å². The van der Waals surface area contributed by atoms with Gasteiger partial charge < -0.3 is 0 Å². The normalized spacial score (nSPS) is 11.9. The number of alkyl halides is 3. The number of rotatable bonds is 8. The zero-order chi connectivity index (χ0) is 26.8. The van der Waals surface area contributed by atoms with E-state index in [1.165, 1.54) is 24.4 Å². The Hall–Kier alpha value is -2.95. The standard InChI is InChI=1S/C24H19Cl2F3N2O4S/c1-3-15(32)9-14-4-6-19(25)17(10-14)23(33)22-21(8-13(2)12-30-22)31-36(34,35)16-5-7-20(26)18(11-16)24(27,28)29/h4-8,10-12,31H,3,9H2,1-2H3. The van der Waals surface area contributed by atoms with Crippen LogP contribution < -0.4 is 4.72 Å². The Morgan fingerprint density at radius 1 is 1.03 bits per heavy atom. The van der Waals surface area contributed by atoms with Gasteiger partial charge in [-0.15, -0.1) is 0 Å². The molecule has 1 heterocycles. The maximum Gasteiger partial charge on any atom is 0.417 e. The summed E-state index contributed by atoms with van der Waals surface area (Å²) >= 11 is 11.8. The molecule has 0 saturated carbocycles. The quantitative estimate of drug-likeness (QED) is 0.329. The highest BCUT2D eigenvalue weighted by Gasteiger charge is 2.35. The average Bonchev–Trinajstić information content (AvgIpc) is 2.79. The second-order valence-corrected chi connectivity index (χ2v) is 10.4. The number of aromatic nitrogens is 1. The van der Waals surface area contributed by atoms with Gasteiger partial charge in [-0.3, -0.25) is 19.3 Å². The Bertz CT molecular complexity index is 1460. The number of hydrogen-bond donors (Lipinski definition) is 1. The van der Waals surface area contributed by atoms with Gasteiger partial charge in [-0.2, -0.15) is 13.2 Å². The number of aryl methyl sites for hydroxylation is 1. The van der Waals surface area contributed by atoms with E-state index in [0.29, 0.717) is 23.6 Å². The summed E-state index contributed by atoms with van der Waals surface area (Å²) in [7, 11) is -4.58. The number of hydrogen-bond acceptors (Lipinski definition) is 5. The van der Waals surface area contributed by atoms with Crippen molar-refractivity contribution in [2.24, 2.45) is 0 Å². The molecular formula is C24H19Cl2F3N2O4S. The molecule has 3 rings (SSSR count). The van der Waals surface area contributed by atoms with E-state index in [1.807, 2.05) is 0 Å². The van der Waals surface area contributed by atoms with Crippen LogP contribution in [0.1, 0.15) is 46.1 Å². The van der Waals surface area contributed by atoms with Crippen molar-refractivity contribution in [1.29, 1.82) is 0 Å². The molecule has 1 aromatic heterocycles. The third-order valence-electron chi connectivity index (χ3n) is 5.11. The number of pyridine rings is 1. The van der Waals surface area contributed by atoms with Crippen molar-refractivity contribution in [3.63, 3.8) is 0 Å². The molecule has 0 unspecified atom stereocenters. The number of anilines is 1. The van der Waals surface area contributed by atoms with Crippen LogP contribution in [0.15, 0.2) is 53.6 Å². The van der Waals surface area contributed by atoms with Crippen LogP contribution >= 0.6 is 23.2 Å². The molecule has 0 radical (unpaired) electrons. The number of carbonyl (C=O) groups excluding carboxylic acids is 2. The van der Waals surface area contributed by atoms with Gasteiger partial charge in [0.1, 0.15) is 11.5 Å². The van der Waals surface area contributed by atoms with E-state index in [9.17, 15) is 31.2 Å². The summed E-state index contributed by atoms with van der Waals surface area (Å²) in [6.07, 6.45) is -3.17.